The third-order valence-corrected chi connectivity index (χ3v) is 4.68. The van der Waals surface area contributed by atoms with Crippen LogP contribution in [-0.2, 0) is 7.05 Å². The Bertz CT molecular complexity index is 636. The van der Waals surface area contributed by atoms with E-state index in [1.807, 2.05) is 36.0 Å². The lowest BCUT2D eigenvalue weighted by molar-refractivity contribution is 0.0909. The van der Waals surface area contributed by atoms with Crippen molar-refractivity contribution in [3.63, 3.8) is 0 Å². The van der Waals surface area contributed by atoms with Crippen molar-refractivity contribution in [2.24, 2.45) is 13.0 Å². The van der Waals surface area contributed by atoms with Gasteiger partial charge in [0.05, 0.1) is 0 Å². The molecule has 1 fully saturated rings. The number of Topliss-reactive ketones (excluding diaryl/α,β-unsaturated/α-hetero) is 1. The van der Waals surface area contributed by atoms with E-state index in [1.165, 1.54) is 25.7 Å². The maximum Gasteiger partial charge on any atom is 0.168 e. The molecular formula is C17H20ClNO. The Labute approximate surface area is 124 Å². The number of carbonyl (C=O) groups is 1. The van der Waals surface area contributed by atoms with E-state index < -0.39 is 0 Å². The summed E-state index contributed by atoms with van der Waals surface area (Å²) in [5.41, 5.74) is 1.90. The van der Waals surface area contributed by atoms with Gasteiger partial charge in [0.2, 0.25) is 0 Å². The van der Waals surface area contributed by atoms with Crippen LogP contribution in [0.3, 0.4) is 0 Å². The summed E-state index contributed by atoms with van der Waals surface area (Å²) < 4.78 is 2.01. The zero-order valence-corrected chi connectivity index (χ0v) is 12.6. The van der Waals surface area contributed by atoms with Crippen molar-refractivity contribution in [2.75, 3.05) is 0 Å². The number of aryl methyl sites for hydroxylation is 1. The molecule has 0 radical (unpaired) electrons. The number of fused-ring (bicyclic) bond motifs is 1. The van der Waals surface area contributed by atoms with Crippen LogP contribution in [0.15, 0.2) is 24.4 Å². The molecule has 0 bridgehead atoms. The molecular weight excluding hydrogens is 270 g/mol. The topological polar surface area (TPSA) is 22.0 Å². The summed E-state index contributed by atoms with van der Waals surface area (Å²) in [5.74, 6) is 0.526. The largest absolute Gasteiger partial charge is 0.350 e. The zero-order chi connectivity index (χ0) is 14.1. The van der Waals surface area contributed by atoms with Crippen molar-refractivity contribution in [2.45, 2.75) is 38.5 Å². The molecule has 20 heavy (non-hydrogen) atoms. The van der Waals surface area contributed by atoms with Crippen LogP contribution in [0.25, 0.3) is 10.9 Å². The standard InChI is InChI=1S/C17H20ClNO/c1-19-11-15(14-9-8-13(18)10-16(14)19)17(20)12-6-4-2-3-5-7-12/h8-12H,2-7H2,1H3. The van der Waals surface area contributed by atoms with Crippen molar-refractivity contribution < 1.29 is 4.79 Å². The molecule has 106 valence electrons. The van der Waals surface area contributed by atoms with Crippen LogP contribution in [-0.4, -0.2) is 10.4 Å². The van der Waals surface area contributed by atoms with Gasteiger partial charge in [-0.1, -0.05) is 43.4 Å². The lowest BCUT2D eigenvalue weighted by Crippen LogP contribution is -2.13. The summed E-state index contributed by atoms with van der Waals surface area (Å²) in [6.45, 7) is 0. The molecule has 2 nitrogen and oxygen atoms in total. The fourth-order valence-electron chi connectivity index (χ4n) is 3.31. The molecule has 1 heterocycles. The van der Waals surface area contributed by atoms with Gasteiger partial charge in [-0.25, -0.2) is 0 Å². The lowest BCUT2D eigenvalue weighted by atomic mass is 9.91. The van der Waals surface area contributed by atoms with E-state index >= 15 is 0 Å². The van der Waals surface area contributed by atoms with Crippen molar-refractivity contribution in [3.05, 3.63) is 35.0 Å². The molecule has 0 amide bonds. The Morgan fingerprint density at radius 3 is 2.60 bits per heavy atom. The van der Waals surface area contributed by atoms with E-state index in [4.69, 9.17) is 11.6 Å². The van der Waals surface area contributed by atoms with Crippen molar-refractivity contribution in [1.29, 1.82) is 0 Å². The third kappa shape index (κ3) is 2.49. The Morgan fingerprint density at radius 2 is 1.90 bits per heavy atom. The molecule has 1 aromatic carbocycles. The quantitative estimate of drug-likeness (QED) is 0.564. The highest BCUT2D eigenvalue weighted by Crippen LogP contribution is 2.30. The molecule has 3 rings (SSSR count). The Hall–Kier alpha value is -1.28. The number of aromatic nitrogens is 1. The minimum Gasteiger partial charge on any atom is -0.350 e. The van der Waals surface area contributed by atoms with E-state index in [2.05, 4.69) is 0 Å². The monoisotopic (exact) mass is 289 g/mol. The highest BCUT2D eigenvalue weighted by atomic mass is 35.5. The normalized spacial score (nSPS) is 17.3. The van der Waals surface area contributed by atoms with Crippen molar-refractivity contribution in [1.82, 2.24) is 4.57 Å². The van der Waals surface area contributed by atoms with Gasteiger partial charge in [0.15, 0.2) is 5.78 Å². The summed E-state index contributed by atoms with van der Waals surface area (Å²) in [6, 6.07) is 5.77. The van der Waals surface area contributed by atoms with Crippen LogP contribution in [0.1, 0.15) is 48.9 Å². The Balaban J connectivity index is 1.99. The second kappa shape index (κ2) is 5.61. The average Bonchev–Trinajstić information content (AvgIpc) is 2.65. The van der Waals surface area contributed by atoms with Crippen LogP contribution in [0.4, 0.5) is 0 Å². The minimum absolute atomic E-state index is 0.207. The van der Waals surface area contributed by atoms with Gasteiger partial charge < -0.3 is 4.57 Å². The predicted octanol–water partition coefficient (Wildman–Crippen LogP) is 4.98. The van der Waals surface area contributed by atoms with Crippen LogP contribution < -0.4 is 0 Å². The number of ketones is 1. The van der Waals surface area contributed by atoms with E-state index in [-0.39, 0.29) is 5.92 Å². The molecule has 1 aliphatic rings. The first-order valence-corrected chi connectivity index (χ1v) is 7.83. The molecule has 0 atom stereocenters. The van der Waals surface area contributed by atoms with Crippen LogP contribution in [0, 0.1) is 5.92 Å². The average molecular weight is 290 g/mol. The number of benzene rings is 1. The molecule has 0 spiro atoms. The number of hydrogen-bond donors (Lipinski definition) is 0. The summed E-state index contributed by atoms with van der Waals surface area (Å²) in [4.78, 5) is 12.8. The number of nitrogens with zero attached hydrogens (tertiary/aromatic N) is 1. The zero-order valence-electron chi connectivity index (χ0n) is 11.9. The number of carbonyl (C=O) groups excluding carboxylic acids is 1. The second-order valence-corrected chi connectivity index (χ2v) is 6.30. The molecule has 1 aliphatic carbocycles. The van der Waals surface area contributed by atoms with E-state index in [1.54, 1.807) is 0 Å². The number of halogens is 1. The fraction of sp³-hybridized carbons (Fsp3) is 0.471. The SMILES string of the molecule is Cn1cc(C(=O)C2CCCCCC2)c2ccc(Cl)cc21. The van der Waals surface area contributed by atoms with Gasteiger partial charge in [0, 0.05) is 40.7 Å². The molecule has 0 N–H and O–H groups in total. The van der Waals surface area contributed by atoms with Crippen LogP contribution in [0.5, 0.6) is 0 Å². The van der Waals surface area contributed by atoms with E-state index in [0.29, 0.717) is 10.8 Å². The molecule has 1 saturated carbocycles. The van der Waals surface area contributed by atoms with Gasteiger partial charge in [0.25, 0.3) is 0 Å². The predicted molar refractivity (Wildman–Crippen MR) is 83.5 cm³/mol. The third-order valence-electron chi connectivity index (χ3n) is 4.44. The van der Waals surface area contributed by atoms with Crippen LogP contribution in [0.2, 0.25) is 5.02 Å². The highest BCUT2D eigenvalue weighted by Gasteiger charge is 2.24. The van der Waals surface area contributed by atoms with Gasteiger partial charge in [0.1, 0.15) is 0 Å². The summed E-state index contributed by atoms with van der Waals surface area (Å²) >= 11 is 6.05. The second-order valence-electron chi connectivity index (χ2n) is 5.87. The van der Waals surface area contributed by atoms with Gasteiger partial charge in [-0.3, -0.25) is 4.79 Å². The van der Waals surface area contributed by atoms with Gasteiger partial charge >= 0.3 is 0 Å². The molecule has 0 saturated heterocycles. The number of rotatable bonds is 2. The maximum absolute atomic E-state index is 12.8. The van der Waals surface area contributed by atoms with Crippen molar-refractivity contribution in [3.8, 4) is 0 Å². The van der Waals surface area contributed by atoms with Crippen LogP contribution >= 0.6 is 11.6 Å². The molecule has 3 heteroatoms. The first-order chi connectivity index (χ1) is 9.66. The van der Waals surface area contributed by atoms with E-state index in [9.17, 15) is 4.79 Å². The molecule has 1 aromatic heterocycles. The van der Waals surface area contributed by atoms with Gasteiger partial charge in [-0.05, 0) is 25.0 Å². The summed E-state index contributed by atoms with van der Waals surface area (Å²) in [7, 11) is 1.97. The van der Waals surface area contributed by atoms with Gasteiger partial charge in [-0.2, -0.15) is 0 Å². The Morgan fingerprint density at radius 1 is 1.20 bits per heavy atom. The maximum atomic E-state index is 12.8. The highest BCUT2D eigenvalue weighted by molar-refractivity contribution is 6.31. The molecule has 2 aromatic rings. The minimum atomic E-state index is 0.207. The smallest absolute Gasteiger partial charge is 0.168 e. The lowest BCUT2D eigenvalue weighted by Gasteiger charge is -2.11. The van der Waals surface area contributed by atoms with E-state index in [0.717, 1.165) is 29.3 Å². The first-order valence-electron chi connectivity index (χ1n) is 7.45. The Kier molecular flexibility index (Phi) is 3.84. The van der Waals surface area contributed by atoms with Crippen molar-refractivity contribution >= 4 is 28.3 Å². The van der Waals surface area contributed by atoms with Gasteiger partial charge in [-0.15, -0.1) is 0 Å². The fourth-order valence-corrected chi connectivity index (χ4v) is 3.48. The first kappa shape index (κ1) is 13.7. The number of hydrogen-bond acceptors (Lipinski definition) is 1. The molecule has 0 aliphatic heterocycles. The molecule has 0 unspecified atom stereocenters. The summed E-state index contributed by atoms with van der Waals surface area (Å²) in [6.07, 6.45) is 8.98. The summed E-state index contributed by atoms with van der Waals surface area (Å²) in [5, 5.41) is 1.75.